The molecule has 0 aliphatic heterocycles. The lowest BCUT2D eigenvalue weighted by atomic mass is 10.1. The molecular formula is C20H19N3O6. The molecule has 0 saturated heterocycles. The number of nitro groups is 1. The average Bonchev–Trinajstić information content (AvgIpc) is 2.72. The van der Waals surface area contributed by atoms with Crippen molar-refractivity contribution in [3.8, 4) is 11.5 Å². The third-order valence-corrected chi connectivity index (χ3v) is 4.43. The summed E-state index contributed by atoms with van der Waals surface area (Å²) in [6.07, 6.45) is 0.465. The van der Waals surface area contributed by atoms with Crippen LogP contribution in [0.4, 0.5) is 5.69 Å². The van der Waals surface area contributed by atoms with Crippen LogP contribution in [0.15, 0.2) is 53.3 Å². The van der Waals surface area contributed by atoms with Crippen LogP contribution in [0.1, 0.15) is 16.8 Å². The van der Waals surface area contributed by atoms with Gasteiger partial charge < -0.3 is 19.7 Å². The van der Waals surface area contributed by atoms with Crippen molar-refractivity contribution < 1.29 is 19.6 Å². The van der Waals surface area contributed by atoms with E-state index in [0.29, 0.717) is 23.1 Å². The molecule has 0 atom stereocenters. The normalized spacial score (nSPS) is 10.7. The number of carbonyl (C=O) groups excluding carboxylic acids is 1. The van der Waals surface area contributed by atoms with Gasteiger partial charge in [0, 0.05) is 31.1 Å². The molecule has 0 fully saturated rings. The van der Waals surface area contributed by atoms with Gasteiger partial charge in [0.15, 0.2) is 5.75 Å². The Kier molecular flexibility index (Phi) is 5.77. The predicted octanol–water partition coefficient (Wildman–Crippen LogP) is 2.35. The summed E-state index contributed by atoms with van der Waals surface area (Å²) in [6.45, 7) is 0.538. The van der Waals surface area contributed by atoms with Gasteiger partial charge >= 0.3 is 0 Å². The summed E-state index contributed by atoms with van der Waals surface area (Å²) >= 11 is 0. The molecule has 150 valence electrons. The Balaban J connectivity index is 1.60. The monoisotopic (exact) mass is 397 g/mol. The first-order valence-electron chi connectivity index (χ1n) is 8.86. The summed E-state index contributed by atoms with van der Waals surface area (Å²) in [5, 5.41) is 24.0. The Morgan fingerprint density at radius 2 is 1.90 bits per heavy atom. The number of nitro benzene ring substituents is 1. The molecule has 1 amide bonds. The highest BCUT2D eigenvalue weighted by Gasteiger charge is 2.20. The fourth-order valence-corrected chi connectivity index (χ4v) is 2.93. The number of aryl methyl sites for hydroxylation is 1. The number of rotatable bonds is 7. The minimum absolute atomic E-state index is 0.0225. The zero-order valence-electron chi connectivity index (χ0n) is 15.6. The van der Waals surface area contributed by atoms with Crippen LogP contribution < -0.4 is 15.6 Å². The maximum absolute atomic E-state index is 12.6. The summed E-state index contributed by atoms with van der Waals surface area (Å²) in [4.78, 5) is 34.9. The van der Waals surface area contributed by atoms with Gasteiger partial charge in [-0.2, -0.15) is 0 Å². The van der Waals surface area contributed by atoms with Crippen molar-refractivity contribution in [2.24, 2.45) is 7.05 Å². The van der Waals surface area contributed by atoms with Crippen LogP contribution in [-0.2, 0) is 7.05 Å². The van der Waals surface area contributed by atoms with E-state index in [1.54, 1.807) is 24.3 Å². The van der Waals surface area contributed by atoms with Gasteiger partial charge in [0.2, 0.25) is 0 Å². The van der Waals surface area contributed by atoms with Crippen LogP contribution >= 0.6 is 0 Å². The smallest absolute Gasteiger partial charge is 0.293 e. The second-order valence-electron chi connectivity index (χ2n) is 6.31. The Morgan fingerprint density at radius 3 is 2.59 bits per heavy atom. The van der Waals surface area contributed by atoms with Gasteiger partial charge in [0.1, 0.15) is 5.75 Å². The van der Waals surface area contributed by atoms with Crippen molar-refractivity contribution in [1.29, 1.82) is 0 Å². The summed E-state index contributed by atoms with van der Waals surface area (Å²) in [5.74, 6) is -0.658. The third-order valence-electron chi connectivity index (χ3n) is 4.43. The molecule has 0 aliphatic carbocycles. The van der Waals surface area contributed by atoms with E-state index >= 15 is 0 Å². The molecule has 29 heavy (non-hydrogen) atoms. The molecule has 3 aromatic rings. The summed E-state index contributed by atoms with van der Waals surface area (Å²) < 4.78 is 6.77. The lowest BCUT2D eigenvalue weighted by Crippen LogP contribution is -2.28. The molecule has 2 aromatic carbocycles. The molecule has 2 N–H and O–H groups in total. The molecule has 0 spiro atoms. The second-order valence-corrected chi connectivity index (χ2v) is 6.31. The Bertz CT molecular complexity index is 1120. The van der Waals surface area contributed by atoms with Crippen LogP contribution in [0.25, 0.3) is 10.9 Å². The number of fused-ring (bicyclic) bond motifs is 1. The Morgan fingerprint density at radius 1 is 1.21 bits per heavy atom. The van der Waals surface area contributed by atoms with Crippen LogP contribution in [0.2, 0.25) is 0 Å². The number of ether oxygens (including phenoxy) is 1. The first kappa shape index (κ1) is 19.9. The SMILES string of the molecule is Cn1c(=O)c(O)c(C(=O)NCCCOc2ccc([N+](=O)[O-])cc2)c2ccccc21. The molecule has 0 bridgehead atoms. The highest BCUT2D eigenvalue weighted by atomic mass is 16.6. The molecular weight excluding hydrogens is 378 g/mol. The number of para-hydroxylation sites is 1. The summed E-state index contributed by atoms with van der Waals surface area (Å²) in [6, 6.07) is 12.5. The van der Waals surface area contributed by atoms with Crippen LogP contribution in [0.3, 0.4) is 0 Å². The molecule has 0 aliphatic rings. The van der Waals surface area contributed by atoms with E-state index in [2.05, 4.69) is 5.32 Å². The van der Waals surface area contributed by atoms with Crippen LogP contribution in [0.5, 0.6) is 11.5 Å². The lowest BCUT2D eigenvalue weighted by Gasteiger charge is -2.12. The maximum atomic E-state index is 12.6. The zero-order valence-corrected chi connectivity index (χ0v) is 15.6. The van der Waals surface area contributed by atoms with Gasteiger partial charge in [0.25, 0.3) is 17.2 Å². The van der Waals surface area contributed by atoms with Crippen molar-refractivity contribution in [3.05, 3.63) is 74.6 Å². The van der Waals surface area contributed by atoms with Crippen LogP contribution in [-0.4, -0.2) is 33.7 Å². The fraction of sp³-hybridized carbons (Fsp3) is 0.200. The zero-order chi connectivity index (χ0) is 21.0. The van der Waals surface area contributed by atoms with Gasteiger partial charge in [-0.05, 0) is 24.6 Å². The quantitative estimate of drug-likeness (QED) is 0.358. The first-order chi connectivity index (χ1) is 13.9. The largest absolute Gasteiger partial charge is 0.502 e. The molecule has 9 nitrogen and oxygen atoms in total. The van der Waals surface area contributed by atoms with Crippen molar-refractivity contribution in [2.45, 2.75) is 6.42 Å². The molecule has 1 aromatic heterocycles. The van der Waals surface area contributed by atoms with Crippen molar-refractivity contribution >= 4 is 22.5 Å². The molecule has 1 heterocycles. The topological polar surface area (TPSA) is 124 Å². The number of hydrogen-bond donors (Lipinski definition) is 2. The standard InChI is InChI=1S/C20H19N3O6/c1-22-16-6-3-2-5-15(16)17(18(24)20(22)26)19(25)21-11-4-12-29-14-9-7-13(8-10-14)23(27)28/h2-3,5-10,24H,4,11-12H2,1H3,(H,21,25). The number of amides is 1. The summed E-state index contributed by atoms with van der Waals surface area (Å²) in [7, 11) is 1.53. The number of non-ortho nitro benzene ring substituents is 1. The van der Waals surface area contributed by atoms with E-state index in [9.17, 15) is 24.8 Å². The van der Waals surface area contributed by atoms with E-state index in [1.165, 1.54) is 35.9 Å². The van der Waals surface area contributed by atoms with E-state index in [0.717, 1.165) is 0 Å². The average molecular weight is 397 g/mol. The van der Waals surface area contributed by atoms with Gasteiger partial charge in [-0.25, -0.2) is 0 Å². The number of benzene rings is 2. The van der Waals surface area contributed by atoms with Gasteiger partial charge in [-0.15, -0.1) is 0 Å². The molecule has 9 heteroatoms. The minimum atomic E-state index is -0.643. The number of nitrogens with one attached hydrogen (secondary N) is 1. The van der Waals surface area contributed by atoms with Crippen LogP contribution in [0, 0.1) is 10.1 Å². The van der Waals surface area contributed by atoms with Crippen molar-refractivity contribution in [2.75, 3.05) is 13.2 Å². The number of hydrogen-bond acceptors (Lipinski definition) is 6. The van der Waals surface area contributed by atoms with Crippen molar-refractivity contribution in [1.82, 2.24) is 9.88 Å². The third kappa shape index (κ3) is 4.18. The maximum Gasteiger partial charge on any atom is 0.293 e. The highest BCUT2D eigenvalue weighted by molar-refractivity contribution is 6.08. The molecule has 0 unspecified atom stereocenters. The van der Waals surface area contributed by atoms with Gasteiger partial charge in [-0.1, -0.05) is 18.2 Å². The van der Waals surface area contributed by atoms with E-state index < -0.39 is 22.1 Å². The first-order valence-corrected chi connectivity index (χ1v) is 8.86. The second kappa shape index (κ2) is 8.42. The van der Waals surface area contributed by atoms with Gasteiger partial charge in [-0.3, -0.25) is 19.7 Å². The molecule has 3 rings (SSSR count). The Hall–Kier alpha value is -3.88. The minimum Gasteiger partial charge on any atom is -0.502 e. The molecule has 0 saturated carbocycles. The van der Waals surface area contributed by atoms with E-state index in [4.69, 9.17) is 4.74 Å². The molecule has 0 radical (unpaired) electrons. The highest BCUT2D eigenvalue weighted by Crippen LogP contribution is 2.23. The number of nitrogens with zero attached hydrogens (tertiary/aromatic N) is 2. The van der Waals surface area contributed by atoms with E-state index in [1.807, 2.05) is 0 Å². The lowest BCUT2D eigenvalue weighted by molar-refractivity contribution is -0.384. The number of aromatic hydroxyl groups is 1. The number of pyridine rings is 1. The van der Waals surface area contributed by atoms with Gasteiger partial charge in [0.05, 0.1) is 22.6 Å². The van der Waals surface area contributed by atoms with Crippen molar-refractivity contribution in [3.63, 3.8) is 0 Å². The Labute approximate surface area is 165 Å². The fourth-order valence-electron chi connectivity index (χ4n) is 2.93. The number of aromatic nitrogens is 1. The predicted molar refractivity (Wildman–Crippen MR) is 106 cm³/mol. The van der Waals surface area contributed by atoms with E-state index in [-0.39, 0.29) is 24.4 Å². The summed E-state index contributed by atoms with van der Waals surface area (Å²) in [5.41, 5.74) is -0.178. The number of carbonyl (C=O) groups is 1.